The zero-order valence-corrected chi connectivity index (χ0v) is 15.9. The molecule has 3 heterocycles. The molecule has 1 fully saturated rings. The quantitative estimate of drug-likeness (QED) is 0.814. The Kier molecular flexibility index (Phi) is 4.94. The first-order valence-corrected chi connectivity index (χ1v) is 8.74. The number of nitrogens with one attached hydrogen (secondary N) is 1. The van der Waals surface area contributed by atoms with Gasteiger partial charge in [0.25, 0.3) is 5.91 Å². The Labute approximate surface area is 152 Å². The van der Waals surface area contributed by atoms with Gasteiger partial charge in [-0.3, -0.25) is 14.7 Å². The first kappa shape index (κ1) is 18.7. The molecule has 0 aliphatic carbocycles. The molecule has 9 nitrogen and oxygen atoms in total. The second kappa shape index (κ2) is 6.88. The van der Waals surface area contributed by atoms with Crippen molar-refractivity contribution >= 4 is 12.0 Å². The largest absolute Gasteiger partial charge is 0.444 e. The van der Waals surface area contributed by atoms with Crippen LogP contribution in [-0.2, 0) is 27.3 Å². The molecule has 2 amide bonds. The van der Waals surface area contributed by atoms with E-state index >= 15 is 0 Å². The molecular formula is C17H26N4O5. The van der Waals surface area contributed by atoms with Crippen LogP contribution in [0.3, 0.4) is 0 Å². The third-order valence-electron chi connectivity index (χ3n) is 4.34. The summed E-state index contributed by atoms with van der Waals surface area (Å²) in [6.45, 7) is 8.64. The molecule has 3 rings (SSSR count). The highest BCUT2D eigenvalue weighted by molar-refractivity contribution is 5.93. The molecule has 1 N–H and O–H groups in total. The number of aromatic nitrogens is 2. The maximum atomic E-state index is 12.7. The molecule has 1 atom stereocenters. The third-order valence-corrected chi connectivity index (χ3v) is 4.34. The molecule has 0 saturated carbocycles. The minimum absolute atomic E-state index is 0.0538. The summed E-state index contributed by atoms with van der Waals surface area (Å²) in [6.07, 6.45) is 0.0686. The van der Waals surface area contributed by atoms with Gasteiger partial charge in [0.1, 0.15) is 11.7 Å². The number of rotatable bonds is 3. The predicted octanol–water partition coefficient (Wildman–Crippen LogP) is 1.49. The maximum absolute atomic E-state index is 12.7. The molecule has 0 radical (unpaired) electrons. The Balaban J connectivity index is 1.75. The van der Waals surface area contributed by atoms with Gasteiger partial charge in [0.2, 0.25) is 0 Å². The lowest BCUT2D eigenvalue weighted by Gasteiger charge is -2.35. The highest BCUT2D eigenvalue weighted by atomic mass is 16.7. The Hall–Kier alpha value is -2.13. The SMILES string of the molecule is CC1Cc2[nH]nc(C(=O)N(C)OC3COC3)c2CN1C(=O)OC(C)(C)C. The van der Waals surface area contributed by atoms with Gasteiger partial charge in [-0.05, 0) is 27.7 Å². The van der Waals surface area contributed by atoms with Gasteiger partial charge in [-0.2, -0.15) is 5.10 Å². The highest BCUT2D eigenvalue weighted by Crippen LogP contribution is 2.27. The molecule has 1 saturated heterocycles. The van der Waals surface area contributed by atoms with Crippen molar-refractivity contribution in [2.24, 2.45) is 0 Å². The lowest BCUT2D eigenvalue weighted by molar-refractivity contribution is -0.226. The highest BCUT2D eigenvalue weighted by Gasteiger charge is 2.35. The van der Waals surface area contributed by atoms with Gasteiger partial charge < -0.3 is 14.4 Å². The van der Waals surface area contributed by atoms with Gasteiger partial charge in [-0.15, -0.1) is 0 Å². The molecule has 1 aromatic heterocycles. The minimum atomic E-state index is -0.578. The van der Waals surface area contributed by atoms with Crippen molar-refractivity contribution in [1.29, 1.82) is 0 Å². The second-order valence-electron chi connectivity index (χ2n) is 7.76. The van der Waals surface area contributed by atoms with Crippen molar-refractivity contribution in [2.45, 2.75) is 58.4 Å². The van der Waals surface area contributed by atoms with E-state index in [1.165, 1.54) is 5.06 Å². The van der Waals surface area contributed by atoms with Crippen LogP contribution in [0.25, 0.3) is 0 Å². The first-order chi connectivity index (χ1) is 12.2. The first-order valence-electron chi connectivity index (χ1n) is 8.74. The van der Waals surface area contributed by atoms with E-state index in [9.17, 15) is 9.59 Å². The van der Waals surface area contributed by atoms with Crippen molar-refractivity contribution in [3.63, 3.8) is 0 Å². The number of aromatic amines is 1. The van der Waals surface area contributed by atoms with Gasteiger partial charge >= 0.3 is 6.09 Å². The predicted molar refractivity (Wildman–Crippen MR) is 91.3 cm³/mol. The van der Waals surface area contributed by atoms with Gasteiger partial charge in [-0.25, -0.2) is 9.86 Å². The summed E-state index contributed by atoms with van der Waals surface area (Å²) < 4.78 is 10.5. The van der Waals surface area contributed by atoms with Gasteiger partial charge in [0.15, 0.2) is 5.69 Å². The molecule has 1 aromatic rings. The zero-order valence-electron chi connectivity index (χ0n) is 15.9. The fraction of sp³-hybridized carbons (Fsp3) is 0.706. The fourth-order valence-electron chi connectivity index (χ4n) is 2.91. The molecule has 2 aliphatic rings. The van der Waals surface area contributed by atoms with Crippen LogP contribution in [0.4, 0.5) is 4.79 Å². The van der Waals surface area contributed by atoms with Crippen LogP contribution in [-0.4, -0.2) is 70.2 Å². The topological polar surface area (TPSA) is 97.0 Å². The number of H-pyrrole nitrogens is 1. The monoisotopic (exact) mass is 366 g/mol. The van der Waals surface area contributed by atoms with E-state index in [0.717, 1.165) is 5.69 Å². The molecule has 0 bridgehead atoms. The fourth-order valence-corrected chi connectivity index (χ4v) is 2.91. The van der Waals surface area contributed by atoms with Crippen LogP contribution in [0, 0.1) is 0 Å². The van der Waals surface area contributed by atoms with E-state index in [1.54, 1.807) is 11.9 Å². The molecule has 9 heteroatoms. The number of carbonyl (C=O) groups is 2. The van der Waals surface area contributed by atoms with Crippen LogP contribution < -0.4 is 0 Å². The summed E-state index contributed by atoms with van der Waals surface area (Å²) in [5, 5.41) is 8.27. The van der Waals surface area contributed by atoms with Gasteiger partial charge in [0, 0.05) is 30.8 Å². The maximum Gasteiger partial charge on any atom is 0.410 e. The average Bonchev–Trinajstić information content (AvgIpc) is 2.89. The molecule has 2 aliphatic heterocycles. The molecule has 0 aromatic carbocycles. The molecule has 0 spiro atoms. The third kappa shape index (κ3) is 3.83. The lowest BCUT2D eigenvalue weighted by Crippen LogP contribution is -2.46. The van der Waals surface area contributed by atoms with Crippen LogP contribution in [0.5, 0.6) is 0 Å². The van der Waals surface area contributed by atoms with Crippen LogP contribution >= 0.6 is 0 Å². The van der Waals surface area contributed by atoms with Gasteiger partial charge in [-0.1, -0.05) is 0 Å². The second-order valence-corrected chi connectivity index (χ2v) is 7.76. The summed E-state index contributed by atoms with van der Waals surface area (Å²) in [5.41, 5.74) is 1.26. The summed E-state index contributed by atoms with van der Waals surface area (Å²) in [5.74, 6) is -0.354. The van der Waals surface area contributed by atoms with E-state index < -0.39 is 11.7 Å². The number of hydroxylamine groups is 2. The van der Waals surface area contributed by atoms with Crippen molar-refractivity contribution < 1.29 is 23.9 Å². The molecule has 1 unspecified atom stereocenters. The Morgan fingerprint density at radius 3 is 2.62 bits per heavy atom. The van der Waals surface area contributed by atoms with Crippen molar-refractivity contribution in [2.75, 3.05) is 20.3 Å². The molecule has 144 valence electrons. The van der Waals surface area contributed by atoms with E-state index in [1.807, 2.05) is 27.7 Å². The van der Waals surface area contributed by atoms with E-state index in [4.69, 9.17) is 14.3 Å². The van der Waals surface area contributed by atoms with E-state index in [0.29, 0.717) is 25.2 Å². The van der Waals surface area contributed by atoms with Crippen molar-refractivity contribution in [1.82, 2.24) is 20.2 Å². The lowest BCUT2D eigenvalue weighted by atomic mass is 10.00. The number of hydrogen-bond acceptors (Lipinski definition) is 6. The van der Waals surface area contributed by atoms with Crippen molar-refractivity contribution in [3.05, 3.63) is 17.0 Å². The minimum Gasteiger partial charge on any atom is -0.444 e. The number of hydrogen-bond donors (Lipinski definition) is 1. The zero-order chi connectivity index (χ0) is 19.1. The summed E-state index contributed by atoms with van der Waals surface area (Å²) in [4.78, 5) is 32.3. The van der Waals surface area contributed by atoms with Crippen LogP contribution in [0.1, 0.15) is 49.4 Å². The summed E-state index contributed by atoms with van der Waals surface area (Å²) in [6, 6.07) is -0.0538. The normalized spacial score (nSPS) is 20.3. The number of carbonyl (C=O) groups excluding carboxylic acids is 2. The van der Waals surface area contributed by atoms with Crippen molar-refractivity contribution in [3.8, 4) is 0 Å². The van der Waals surface area contributed by atoms with Crippen LogP contribution in [0.2, 0.25) is 0 Å². The smallest absolute Gasteiger partial charge is 0.410 e. The molecule has 26 heavy (non-hydrogen) atoms. The number of fused-ring (bicyclic) bond motifs is 1. The standard InChI is InChI=1S/C17H26N4O5/c1-10-6-13-12(7-21(10)16(23)25-17(2,3)4)14(19-18-13)15(22)20(5)26-11-8-24-9-11/h10-11H,6-9H2,1-5H3,(H,18,19). The average molecular weight is 366 g/mol. The number of ether oxygens (including phenoxy) is 2. The summed E-state index contributed by atoms with van der Waals surface area (Å²) >= 11 is 0. The van der Waals surface area contributed by atoms with E-state index in [-0.39, 0.29) is 30.3 Å². The Morgan fingerprint density at radius 1 is 1.35 bits per heavy atom. The summed E-state index contributed by atoms with van der Waals surface area (Å²) in [7, 11) is 1.55. The van der Waals surface area contributed by atoms with E-state index in [2.05, 4.69) is 10.2 Å². The Morgan fingerprint density at radius 2 is 2.04 bits per heavy atom. The van der Waals surface area contributed by atoms with Crippen LogP contribution in [0.15, 0.2) is 0 Å². The molecular weight excluding hydrogens is 340 g/mol. The van der Waals surface area contributed by atoms with Gasteiger partial charge in [0.05, 0.1) is 19.8 Å². The number of amides is 2. The Bertz CT molecular complexity index is 692. The number of nitrogens with zero attached hydrogens (tertiary/aromatic N) is 3.